The predicted octanol–water partition coefficient (Wildman–Crippen LogP) is 2.15. The number of nitrogens with one attached hydrogen (secondary N) is 2. The molecule has 0 saturated heterocycles. The first kappa shape index (κ1) is 26.1. The summed E-state index contributed by atoms with van der Waals surface area (Å²) in [5, 5.41) is 16.8. The lowest BCUT2D eigenvalue weighted by molar-refractivity contribution is -0.384. The number of nitro benzene ring substituents is 1. The zero-order chi connectivity index (χ0) is 20.4. The number of carbonyl (C=O) groups is 1. The molecule has 0 unspecified atom stereocenters. The van der Waals surface area contributed by atoms with Crippen molar-refractivity contribution in [3.8, 4) is 0 Å². The Labute approximate surface area is 183 Å². The third-order valence-electron chi connectivity index (χ3n) is 3.40. The van der Waals surface area contributed by atoms with Gasteiger partial charge in [0.1, 0.15) is 0 Å². The second-order valence-corrected chi connectivity index (χ2v) is 7.14. The summed E-state index contributed by atoms with van der Waals surface area (Å²) in [5.41, 5.74) is 0.564. The molecule has 0 radical (unpaired) electrons. The lowest BCUT2D eigenvalue weighted by Gasteiger charge is -2.25. The van der Waals surface area contributed by atoms with Gasteiger partial charge in [-0.1, -0.05) is 12.1 Å². The number of benzene rings is 1. The Bertz CT molecular complexity index is 659. The molecule has 0 aromatic heterocycles. The van der Waals surface area contributed by atoms with Crippen molar-refractivity contribution in [3.63, 3.8) is 0 Å². The summed E-state index contributed by atoms with van der Waals surface area (Å²) in [5.74, 6) is 0.441. The normalized spacial score (nSPS) is 11.4. The third kappa shape index (κ3) is 10.4. The first-order valence-electron chi connectivity index (χ1n) is 8.65. The van der Waals surface area contributed by atoms with Crippen LogP contribution in [0.15, 0.2) is 29.3 Å². The molecule has 0 saturated carbocycles. The summed E-state index contributed by atoms with van der Waals surface area (Å²) in [7, 11) is 3.38. The van der Waals surface area contributed by atoms with Crippen molar-refractivity contribution in [2.45, 2.75) is 32.9 Å². The number of guanidine groups is 1. The maximum Gasteiger partial charge on any atom is 0.269 e. The Hall–Kier alpha value is -1.95. The Kier molecular flexibility index (Phi) is 11.6. The van der Waals surface area contributed by atoms with Crippen LogP contribution in [0.5, 0.6) is 0 Å². The minimum absolute atomic E-state index is 0. The average molecular weight is 507 g/mol. The van der Waals surface area contributed by atoms with Crippen LogP contribution in [0.1, 0.15) is 26.3 Å². The number of ether oxygens (including phenoxy) is 1. The van der Waals surface area contributed by atoms with Crippen LogP contribution in [0.2, 0.25) is 0 Å². The lowest BCUT2D eigenvalue weighted by Crippen LogP contribution is -2.49. The van der Waals surface area contributed by atoms with Crippen LogP contribution >= 0.6 is 24.0 Å². The smallest absolute Gasteiger partial charge is 0.269 e. The number of aliphatic imine (C=N–C) groups is 1. The number of carbonyl (C=O) groups excluding carboxylic acids is 1. The number of rotatable bonds is 8. The number of likely N-dealkylation sites (N-methyl/N-ethyl adjacent to an activating group) is 1. The van der Waals surface area contributed by atoms with E-state index >= 15 is 0 Å². The van der Waals surface area contributed by atoms with Crippen LogP contribution in [0.4, 0.5) is 5.69 Å². The zero-order valence-electron chi connectivity index (χ0n) is 17.0. The summed E-state index contributed by atoms with van der Waals surface area (Å²) in [6.07, 6.45) is 0. The van der Waals surface area contributed by atoms with E-state index in [4.69, 9.17) is 4.74 Å². The molecule has 9 nitrogen and oxygen atoms in total. The van der Waals surface area contributed by atoms with Gasteiger partial charge in [-0.25, -0.2) is 4.99 Å². The molecule has 28 heavy (non-hydrogen) atoms. The number of hydrogen-bond acceptors (Lipinski definition) is 5. The van der Waals surface area contributed by atoms with E-state index in [0.29, 0.717) is 25.7 Å². The maximum atomic E-state index is 12.2. The van der Waals surface area contributed by atoms with E-state index in [-0.39, 0.29) is 47.7 Å². The molecule has 2 N–H and O–H groups in total. The highest BCUT2D eigenvalue weighted by molar-refractivity contribution is 14.0. The number of hydrogen-bond donors (Lipinski definition) is 2. The van der Waals surface area contributed by atoms with E-state index in [1.54, 1.807) is 31.2 Å². The van der Waals surface area contributed by atoms with Crippen molar-refractivity contribution in [2.75, 3.05) is 33.9 Å². The Morgan fingerprint density at radius 1 is 1.29 bits per heavy atom. The summed E-state index contributed by atoms with van der Waals surface area (Å²) < 4.78 is 5.04. The van der Waals surface area contributed by atoms with E-state index in [1.807, 2.05) is 20.8 Å². The Morgan fingerprint density at radius 2 is 1.89 bits per heavy atom. The molecule has 1 aromatic rings. The van der Waals surface area contributed by atoms with Gasteiger partial charge < -0.3 is 20.3 Å². The van der Waals surface area contributed by atoms with Crippen molar-refractivity contribution in [1.29, 1.82) is 0 Å². The van der Waals surface area contributed by atoms with Crippen LogP contribution in [-0.2, 0) is 16.1 Å². The van der Waals surface area contributed by atoms with Crippen LogP contribution < -0.4 is 10.6 Å². The SMILES string of the molecule is COCCNC(=NCc1ccc([N+](=O)[O-])cc1)N(C)CC(=O)NC(C)(C)C.I. The Morgan fingerprint density at radius 3 is 2.39 bits per heavy atom. The van der Waals surface area contributed by atoms with E-state index in [9.17, 15) is 14.9 Å². The number of nitro groups is 1. The van der Waals surface area contributed by atoms with Crippen LogP contribution in [0, 0.1) is 10.1 Å². The molecule has 10 heteroatoms. The highest BCUT2D eigenvalue weighted by atomic mass is 127. The van der Waals surface area contributed by atoms with Crippen molar-refractivity contribution >= 4 is 41.5 Å². The van der Waals surface area contributed by atoms with E-state index in [2.05, 4.69) is 15.6 Å². The standard InChI is InChI=1S/C18H29N5O4.HI/c1-18(2,3)21-16(24)13-22(4)17(19-10-11-27-5)20-12-14-6-8-15(9-7-14)23(25)26;/h6-9H,10-13H2,1-5H3,(H,19,20)(H,21,24);1H. The quantitative estimate of drug-likeness (QED) is 0.139. The number of non-ortho nitro benzene ring substituents is 1. The van der Waals surface area contributed by atoms with Crippen molar-refractivity contribution in [2.24, 2.45) is 4.99 Å². The fourth-order valence-electron chi connectivity index (χ4n) is 2.21. The second kappa shape index (κ2) is 12.5. The summed E-state index contributed by atoms with van der Waals surface area (Å²) >= 11 is 0. The maximum absolute atomic E-state index is 12.2. The third-order valence-corrected chi connectivity index (χ3v) is 3.40. The van der Waals surface area contributed by atoms with Crippen LogP contribution in [0.3, 0.4) is 0 Å². The minimum atomic E-state index is -0.438. The Balaban J connectivity index is 0.00000729. The van der Waals surface area contributed by atoms with Crippen molar-refractivity contribution in [3.05, 3.63) is 39.9 Å². The molecule has 0 bridgehead atoms. The molecule has 0 aliphatic carbocycles. The molecule has 1 rings (SSSR count). The minimum Gasteiger partial charge on any atom is -0.383 e. The van der Waals surface area contributed by atoms with E-state index < -0.39 is 4.92 Å². The van der Waals surface area contributed by atoms with Gasteiger partial charge in [-0.15, -0.1) is 24.0 Å². The summed E-state index contributed by atoms with van der Waals surface area (Å²) in [4.78, 5) is 28.7. The van der Waals surface area contributed by atoms with Gasteiger partial charge in [0.25, 0.3) is 5.69 Å². The van der Waals surface area contributed by atoms with Gasteiger partial charge in [-0.3, -0.25) is 14.9 Å². The average Bonchev–Trinajstić information content (AvgIpc) is 2.56. The molecule has 158 valence electrons. The largest absolute Gasteiger partial charge is 0.383 e. The van der Waals surface area contributed by atoms with E-state index in [1.165, 1.54) is 12.1 Å². The van der Waals surface area contributed by atoms with Crippen LogP contribution in [-0.4, -0.2) is 61.1 Å². The molecular formula is C18H30IN5O4. The van der Waals surface area contributed by atoms with Gasteiger partial charge in [-0.05, 0) is 26.3 Å². The monoisotopic (exact) mass is 507 g/mol. The van der Waals surface area contributed by atoms with E-state index in [0.717, 1.165) is 5.56 Å². The number of halogens is 1. The van der Waals surface area contributed by atoms with Gasteiger partial charge in [-0.2, -0.15) is 0 Å². The van der Waals surface area contributed by atoms with Gasteiger partial charge in [0, 0.05) is 38.4 Å². The molecule has 0 aliphatic heterocycles. The molecule has 0 spiro atoms. The van der Waals surface area contributed by atoms with Gasteiger partial charge >= 0.3 is 0 Å². The molecule has 1 amide bonds. The molecule has 0 aliphatic rings. The summed E-state index contributed by atoms with van der Waals surface area (Å²) in [6.45, 7) is 7.29. The summed E-state index contributed by atoms with van der Waals surface area (Å²) in [6, 6.07) is 6.23. The highest BCUT2D eigenvalue weighted by Crippen LogP contribution is 2.12. The first-order chi connectivity index (χ1) is 12.6. The van der Waals surface area contributed by atoms with Crippen molar-refractivity contribution < 1.29 is 14.5 Å². The van der Waals surface area contributed by atoms with Crippen molar-refractivity contribution in [1.82, 2.24) is 15.5 Å². The van der Waals surface area contributed by atoms with Gasteiger partial charge in [0.2, 0.25) is 5.91 Å². The molecule has 0 fully saturated rings. The molecule has 0 heterocycles. The highest BCUT2D eigenvalue weighted by Gasteiger charge is 2.17. The topological polar surface area (TPSA) is 109 Å². The number of amides is 1. The second-order valence-electron chi connectivity index (χ2n) is 7.14. The molecular weight excluding hydrogens is 477 g/mol. The lowest BCUT2D eigenvalue weighted by atomic mass is 10.1. The molecule has 1 aromatic carbocycles. The van der Waals surface area contributed by atoms with Crippen LogP contribution in [0.25, 0.3) is 0 Å². The van der Waals surface area contributed by atoms with Gasteiger partial charge in [0.05, 0.1) is 24.6 Å². The molecule has 0 atom stereocenters. The number of nitrogens with zero attached hydrogens (tertiary/aromatic N) is 3. The van der Waals surface area contributed by atoms with Gasteiger partial charge in [0.15, 0.2) is 5.96 Å². The number of methoxy groups -OCH3 is 1. The first-order valence-corrected chi connectivity index (χ1v) is 8.65. The fourth-order valence-corrected chi connectivity index (χ4v) is 2.21. The fraction of sp³-hybridized carbons (Fsp3) is 0.556. The predicted molar refractivity (Wildman–Crippen MR) is 120 cm³/mol. The zero-order valence-corrected chi connectivity index (χ0v) is 19.4.